The SMILES string of the molecule is O=CCCc1ncccc1Cl. The lowest BCUT2D eigenvalue weighted by Crippen LogP contribution is -1.90. The fraction of sp³-hybridized carbons (Fsp3) is 0.250. The highest BCUT2D eigenvalue weighted by molar-refractivity contribution is 6.31. The largest absolute Gasteiger partial charge is 0.303 e. The van der Waals surface area contributed by atoms with E-state index in [2.05, 4.69) is 4.98 Å². The predicted octanol–water partition coefficient (Wildman–Crippen LogP) is 1.87. The molecule has 0 aliphatic heterocycles. The lowest BCUT2D eigenvalue weighted by molar-refractivity contribution is -0.107. The van der Waals surface area contributed by atoms with Gasteiger partial charge in [-0.15, -0.1) is 0 Å². The van der Waals surface area contributed by atoms with Crippen LogP contribution in [0.2, 0.25) is 5.02 Å². The molecule has 0 aromatic carbocycles. The summed E-state index contributed by atoms with van der Waals surface area (Å²) in [4.78, 5) is 14.0. The van der Waals surface area contributed by atoms with Gasteiger partial charge in [-0.1, -0.05) is 11.6 Å². The van der Waals surface area contributed by atoms with Crippen molar-refractivity contribution in [1.29, 1.82) is 0 Å². The van der Waals surface area contributed by atoms with Crippen LogP contribution in [0.3, 0.4) is 0 Å². The molecular formula is C8H8ClNO. The first-order valence-electron chi connectivity index (χ1n) is 3.37. The molecule has 2 nitrogen and oxygen atoms in total. The molecule has 0 saturated carbocycles. The first kappa shape index (κ1) is 8.21. The Labute approximate surface area is 70.2 Å². The highest BCUT2D eigenvalue weighted by Crippen LogP contribution is 2.12. The molecule has 0 spiro atoms. The number of rotatable bonds is 3. The van der Waals surface area contributed by atoms with E-state index in [9.17, 15) is 4.79 Å². The summed E-state index contributed by atoms with van der Waals surface area (Å²) in [6, 6.07) is 3.54. The third kappa shape index (κ3) is 2.31. The maximum atomic E-state index is 10.0. The van der Waals surface area contributed by atoms with Crippen molar-refractivity contribution in [3.05, 3.63) is 29.0 Å². The minimum absolute atomic E-state index is 0.483. The van der Waals surface area contributed by atoms with E-state index in [4.69, 9.17) is 11.6 Å². The number of hydrogen-bond donors (Lipinski definition) is 0. The number of aryl methyl sites for hydroxylation is 1. The Balaban J connectivity index is 2.69. The normalized spacial score (nSPS) is 9.55. The van der Waals surface area contributed by atoms with E-state index in [-0.39, 0.29) is 0 Å². The topological polar surface area (TPSA) is 30.0 Å². The second-order valence-corrected chi connectivity index (χ2v) is 2.54. The molecule has 0 amide bonds. The van der Waals surface area contributed by atoms with Crippen LogP contribution in [-0.4, -0.2) is 11.3 Å². The van der Waals surface area contributed by atoms with Crippen molar-refractivity contribution in [3.63, 3.8) is 0 Å². The zero-order valence-corrected chi connectivity index (χ0v) is 6.71. The van der Waals surface area contributed by atoms with Gasteiger partial charge in [0.1, 0.15) is 6.29 Å². The molecule has 0 fully saturated rings. The summed E-state index contributed by atoms with van der Waals surface area (Å²) in [5.41, 5.74) is 0.793. The number of halogens is 1. The number of pyridine rings is 1. The van der Waals surface area contributed by atoms with Crippen LogP contribution in [0.1, 0.15) is 12.1 Å². The first-order chi connectivity index (χ1) is 5.34. The third-order valence-corrected chi connectivity index (χ3v) is 1.68. The number of hydrogen-bond acceptors (Lipinski definition) is 2. The van der Waals surface area contributed by atoms with Crippen LogP contribution in [0.4, 0.5) is 0 Å². The van der Waals surface area contributed by atoms with Crippen LogP contribution in [0.25, 0.3) is 0 Å². The van der Waals surface area contributed by atoms with E-state index >= 15 is 0 Å². The molecule has 0 unspecified atom stereocenters. The highest BCUT2D eigenvalue weighted by atomic mass is 35.5. The lowest BCUT2D eigenvalue weighted by Gasteiger charge is -1.97. The summed E-state index contributed by atoms with van der Waals surface area (Å²) in [7, 11) is 0. The van der Waals surface area contributed by atoms with E-state index in [1.807, 2.05) is 0 Å². The van der Waals surface area contributed by atoms with Crippen LogP contribution in [-0.2, 0) is 11.2 Å². The fourth-order valence-electron chi connectivity index (χ4n) is 0.798. The number of carbonyl (C=O) groups excluding carboxylic acids is 1. The molecule has 0 radical (unpaired) electrons. The van der Waals surface area contributed by atoms with Gasteiger partial charge in [-0.05, 0) is 18.6 Å². The second kappa shape index (κ2) is 4.09. The number of carbonyl (C=O) groups is 1. The van der Waals surface area contributed by atoms with Gasteiger partial charge in [0.15, 0.2) is 0 Å². The Kier molecular flexibility index (Phi) is 3.05. The van der Waals surface area contributed by atoms with Crippen molar-refractivity contribution >= 4 is 17.9 Å². The second-order valence-electron chi connectivity index (χ2n) is 2.14. The van der Waals surface area contributed by atoms with Crippen LogP contribution in [0, 0.1) is 0 Å². The Morgan fingerprint density at radius 2 is 2.45 bits per heavy atom. The minimum atomic E-state index is 0.483. The molecule has 0 bridgehead atoms. The Hall–Kier alpha value is -0.890. The first-order valence-corrected chi connectivity index (χ1v) is 3.75. The minimum Gasteiger partial charge on any atom is -0.303 e. The summed E-state index contributed by atoms with van der Waals surface area (Å²) in [6.07, 6.45) is 3.65. The lowest BCUT2D eigenvalue weighted by atomic mass is 10.2. The predicted molar refractivity (Wildman–Crippen MR) is 43.6 cm³/mol. The van der Waals surface area contributed by atoms with Crippen LogP contribution < -0.4 is 0 Å². The molecule has 11 heavy (non-hydrogen) atoms. The van der Waals surface area contributed by atoms with Gasteiger partial charge >= 0.3 is 0 Å². The summed E-state index contributed by atoms with van der Waals surface area (Å²) in [5.74, 6) is 0. The van der Waals surface area contributed by atoms with Gasteiger partial charge in [0.25, 0.3) is 0 Å². The molecule has 3 heteroatoms. The van der Waals surface area contributed by atoms with Gasteiger partial charge in [0.05, 0.1) is 10.7 Å². The maximum absolute atomic E-state index is 10.0. The number of aromatic nitrogens is 1. The molecule has 1 aromatic heterocycles. The number of nitrogens with zero attached hydrogens (tertiary/aromatic N) is 1. The summed E-state index contributed by atoms with van der Waals surface area (Å²) < 4.78 is 0. The smallest absolute Gasteiger partial charge is 0.120 e. The van der Waals surface area contributed by atoms with Crippen LogP contribution in [0.15, 0.2) is 18.3 Å². The Morgan fingerprint density at radius 3 is 3.09 bits per heavy atom. The highest BCUT2D eigenvalue weighted by Gasteiger charge is 1.98. The van der Waals surface area contributed by atoms with Crippen molar-refractivity contribution in [1.82, 2.24) is 4.98 Å². The van der Waals surface area contributed by atoms with Crippen molar-refractivity contribution in [3.8, 4) is 0 Å². The quantitative estimate of drug-likeness (QED) is 0.647. The molecule has 0 atom stereocenters. The molecule has 0 aliphatic carbocycles. The molecule has 1 heterocycles. The van der Waals surface area contributed by atoms with Crippen LogP contribution in [0.5, 0.6) is 0 Å². The standard InChI is InChI=1S/C8H8ClNO/c9-7-3-1-5-10-8(7)4-2-6-11/h1,3,5-6H,2,4H2. The van der Waals surface area contributed by atoms with E-state index in [1.54, 1.807) is 18.3 Å². The van der Waals surface area contributed by atoms with Crippen molar-refractivity contribution in [2.75, 3.05) is 0 Å². The van der Waals surface area contributed by atoms with E-state index in [0.717, 1.165) is 12.0 Å². The van der Waals surface area contributed by atoms with Crippen molar-refractivity contribution in [2.45, 2.75) is 12.8 Å². The molecule has 1 rings (SSSR count). The Bertz CT molecular complexity index is 250. The molecule has 0 aliphatic rings. The molecule has 0 saturated heterocycles. The molecule has 1 aromatic rings. The van der Waals surface area contributed by atoms with Gasteiger partial charge in [-0.25, -0.2) is 0 Å². The van der Waals surface area contributed by atoms with Gasteiger partial charge in [-0.2, -0.15) is 0 Å². The molecule has 58 valence electrons. The van der Waals surface area contributed by atoms with E-state index < -0.39 is 0 Å². The zero-order valence-electron chi connectivity index (χ0n) is 5.96. The summed E-state index contributed by atoms with van der Waals surface area (Å²) in [5, 5.41) is 0.634. The van der Waals surface area contributed by atoms with Crippen molar-refractivity contribution < 1.29 is 4.79 Å². The summed E-state index contributed by atoms with van der Waals surface area (Å²) in [6.45, 7) is 0. The van der Waals surface area contributed by atoms with E-state index in [0.29, 0.717) is 17.9 Å². The molecular weight excluding hydrogens is 162 g/mol. The monoisotopic (exact) mass is 169 g/mol. The Morgan fingerprint density at radius 1 is 1.64 bits per heavy atom. The van der Waals surface area contributed by atoms with Gasteiger partial charge in [0, 0.05) is 12.6 Å². The van der Waals surface area contributed by atoms with E-state index in [1.165, 1.54) is 0 Å². The average Bonchev–Trinajstić information content (AvgIpc) is 2.03. The number of aldehydes is 1. The van der Waals surface area contributed by atoms with Gasteiger partial charge in [-0.3, -0.25) is 4.98 Å². The van der Waals surface area contributed by atoms with Crippen LogP contribution >= 0.6 is 11.6 Å². The maximum Gasteiger partial charge on any atom is 0.120 e. The van der Waals surface area contributed by atoms with Gasteiger partial charge in [0.2, 0.25) is 0 Å². The summed E-state index contributed by atoms with van der Waals surface area (Å²) >= 11 is 5.78. The fourth-order valence-corrected chi connectivity index (χ4v) is 1.01. The molecule has 0 N–H and O–H groups in total. The average molecular weight is 170 g/mol. The third-order valence-electron chi connectivity index (χ3n) is 1.33. The zero-order chi connectivity index (χ0) is 8.10. The van der Waals surface area contributed by atoms with Crippen molar-refractivity contribution in [2.24, 2.45) is 0 Å². The van der Waals surface area contributed by atoms with Gasteiger partial charge < -0.3 is 4.79 Å².